The zero-order chi connectivity index (χ0) is 10.7. The number of amides is 1. The molecule has 0 aliphatic rings. The SMILES string of the molecule is N#CC(C#N)(C#N)C(Br)(Br)C(N)=O. The van der Waals surface area contributed by atoms with Crippen molar-refractivity contribution < 1.29 is 4.79 Å². The number of nitrogens with two attached hydrogens (primary N) is 1. The first-order chi connectivity index (χ1) is 5.88. The van der Waals surface area contributed by atoms with Crippen LogP contribution in [-0.4, -0.2) is 9.14 Å². The summed E-state index contributed by atoms with van der Waals surface area (Å²) in [6.45, 7) is 0. The van der Waals surface area contributed by atoms with Gasteiger partial charge in [0, 0.05) is 0 Å². The van der Waals surface area contributed by atoms with Crippen LogP contribution in [0.3, 0.4) is 0 Å². The average Bonchev–Trinajstić information content (AvgIpc) is 2.08. The van der Waals surface area contributed by atoms with Gasteiger partial charge in [0.05, 0.1) is 0 Å². The second kappa shape index (κ2) is 3.74. The number of alkyl halides is 2. The lowest BCUT2D eigenvalue weighted by atomic mass is 9.89. The Morgan fingerprint density at radius 3 is 1.54 bits per heavy atom. The highest BCUT2D eigenvalue weighted by Gasteiger charge is 2.55. The smallest absolute Gasteiger partial charge is 0.262 e. The predicted octanol–water partition coefficient (Wildman–Crippen LogP) is 0.515. The lowest BCUT2D eigenvalue weighted by Crippen LogP contribution is -2.46. The number of hydrogen-bond acceptors (Lipinski definition) is 4. The molecule has 0 radical (unpaired) electrons. The van der Waals surface area contributed by atoms with Crippen LogP contribution in [0.1, 0.15) is 0 Å². The molecule has 0 fully saturated rings. The maximum absolute atomic E-state index is 10.8. The molecule has 0 aliphatic heterocycles. The van der Waals surface area contributed by atoms with Crippen LogP contribution in [0.5, 0.6) is 0 Å². The minimum atomic E-state index is -2.18. The zero-order valence-electron chi connectivity index (χ0n) is 6.08. The quantitative estimate of drug-likeness (QED) is 0.749. The first kappa shape index (κ1) is 11.9. The summed E-state index contributed by atoms with van der Waals surface area (Å²) in [6.07, 6.45) is 0. The molecule has 0 aromatic carbocycles. The van der Waals surface area contributed by atoms with E-state index in [9.17, 15) is 4.79 Å². The molecule has 0 unspecified atom stereocenters. The van der Waals surface area contributed by atoms with Crippen LogP contribution in [0, 0.1) is 39.4 Å². The van der Waals surface area contributed by atoms with Gasteiger partial charge in [0.1, 0.15) is 18.2 Å². The van der Waals surface area contributed by atoms with Crippen LogP contribution in [0.4, 0.5) is 0 Å². The molecule has 0 spiro atoms. The van der Waals surface area contributed by atoms with Gasteiger partial charge in [-0.15, -0.1) is 0 Å². The Balaban J connectivity index is 5.53. The Kier molecular flexibility index (Phi) is 3.42. The van der Waals surface area contributed by atoms with E-state index in [1.165, 1.54) is 18.2 Å². The lowest BCUT2D eigenvalue weighted by Gasteiger charge is -2.22. The first-order valence-electron chi connectivity index (χ1n) is 2.79. The summed E-state index contributed by atoms with van der Waals surface area (Å²) in [6, 6.07) is 4.26. The summed E-state index contributed by atoms with van der Waals surface area (Å²) in [7, 11) is 0. The molecule has 0 saturated heterocycles. The van der Waals surface area contributed by atoms with Crippen molar-refractivity contribution in [3.05, 3.63) is 0 Å². The molecule has 0 saturated carbocycles. The maximum atomic E-state index is 10.8. The van der Waals surface area contributed by atoms with Crippen LogP contribution in [0.25, 0.3) is 0 Å². The molecule has 0 atom stereocenters. The van der Waals surface area contributed by atoms with Gasteiger partial charge in [-0.2, -0.15) is 15.8 Å². The third-order valence-corrected chi connectivity index (χ3v) is 3.25. The fourth-order valence-electron chi connectivity index (χ4n) is 0.470. The van der Waals surface area contributed by atoms with E-state index in [-0.39, 0.29) is 0 Å². The number of primary amides is 1. The van der Waals surface area contributed by atoms with E-state index in [1.807, 2.05) is 0 Å². The van der Waals surface area contributed by atoms with Gasteiger partial charge in [0.15, 0.2) is 0 Å². The molecule has 0 aliphatic carbocycles. The fourth-order valence-corrected chi connectivity index (χ4v) is 1.00. The Morgan fingerprint density at radius 2 is 1.46 bits per heavy atom. The summed E-state index contributed by atoms with van der Waals surface area (Å²) >= 11 is 5.45. The standard InChI is InChI=1S/C6H2Br2N4O/c7-6(8,4(12)13)5(1-9,2-10)3-11/h(H2,12,13). The van der Waals surface area contributed by atoms with E-state index in [1.54, 1.807) is 0 Å². The molecule has 0 heterocycles. The summed E-state index contributed by atoms with van der Waals surface area (Å²) in [5, 5.41) is 25.8. The molecule has 5 nitrogen and oxygen atoms in total. The summed E-state index contributed by atoms with van der Waals surface area (Å²) in [5.41, 5.74) is 2.72. The van der Waals surface area contributed by atoms with E-state index >= 15 is 0 Å². The van der Waals surface area contributed by atoms with Crippen LogP contribution < -0.4 is 5.73 Å². The normalized spacial score (nSPS) is 10.7. The summed E-state index contributed by atoms with van der Waals surface area (Å²) in [5.74, 6) is -1.02. The molecule has 13 heavy (non-hydrogen) atoms. The topological polar surface area (TPSA) is 114 Å². The number of nitriles is 3. The molecule has 2 N–H and O–H groups in total. The van der Waals surface area contributed by atoms with Crippen molar-refractivity contribution in [3.8, 4) is 18.2 Å². The van der Waals surface area contributed by atoms with Crippen molar-refractivity contribution in [1.82, 2.24) is 0 Å². The largest absolute Gasteiger partial charge is 0.368 e. The van der Waals surface area contributed by atoms with Gasteiger partial charge < -0.3 is 5.73 Å². The van der Waals surface area contributed by atoms with Crippen LogP contribution in [0.2, 0.25) is 0 Å². The zero-order valence-corrected chi connectivity index (χ0v) is 9.26. The Hall–Kier alpha value is -1.10. The number of rotatable bonds is 2. The lowest BCUT2D eigenvalue weighted by molar-refractivity contribution is -0.118. The van der Waals surface area contributed by atoms with Crippen LogP contribution in [0.15, 0.2) is 0 Å². The fraction of sp³-hybridized carbons (Fsp3) is 0.333. The summed E-state index contributed by atoms with van der Waals surface area (Å²) in [4.78, 5) is 10.8. The molecule has 66 valence electrons. The average molecular weight is 306 g/mol. The highest BCUT2D eigenvalue weighted by molar-refractivity contribution is 9.26. The van der Waals surface area contributed by atoms with Gasteiger partial charge in [-0.1, -0.05) is 31.9 Å². The third-order valence-electron chi connectivity index (χ3n) is 1.28. The number of carbonyl (C=O) groups is 1. The van der Waals surface area contributed by atoms with Gasteiger partial charge in [0.25, 0.3) is 5.41 Å². The minimum Gasteiger partial charge on any atom is -0.368 e. The van der Waals surface area contributed by atoms with Crippen molar-refractivity contribution in [2.24, 2.45) is 11.1 Å². The number of hydrogen-bond donors (Lipinski definition) is 1. The predicted molar refractivity (Wildman–Crippen MR) is 49.1 cm³/mol. The van der Waals surface area contributed by atoms with Gasteiger partial charge >= 0.3 is 0 Å². The monoisotopic (exact) mass is 304 g/mol. The molecule has 0 aromatic heterocycles. The molecule has 0 rings (SSSR count). The van der Waals surface area contributed by atoms with E-state index in [4.69, 9.17) is 21.5 Å². The molecule has 0 bridgehead atoms. The molecule has 1 amide bonds. The Morgan fingerprint density at radius 1 is 1.15 bits per heavy atom. The van der Waals surface area contributed by atoms with Crippen LogP contribution >= 0.6 is 31.9 Å². The van der Waals surface area contributed by atoms with Crippen molar-refractivity contribution in [1.29, 1.82) is 15.8 Å². The Labute approximate surface area is 91.0 Å². The van der Waals surface area contributed by atoms with Crippen molar-refractivity contribution in [2.75, 3.05) is 0 Å². The maximum Gasteiger partial charge on any atom is 0.262 e. The number of halogens is 2. The number of carbonyl (C=O) groups excluding carboxylic acids is 1. The van der Waals surface area contributed by atoms with E-state index in [0.29, 0.717) is 0 Å². The van der Waals surface area contributed by atoms with E-state index in [0.717, 1.165) is 0 Å². The van der Waals surface area contributed by atoms with Gasteiger partial charge in [0.2, 0.25) is 9.14 Å². The van der Waals surface area contributed by atoms with Gasteiger partial charge in [-0.05, 0) is 0 Å². The van der Waals surface area contributed by atoms with E-state index < -0.39 is 14.6 Å². The highest BCUT2D eigenvalue weighted by Crippen LogP contribution is 2.43. The number of nitrogens with zero attached hydrogens (tertiary/aromatic N) is 3. The minimum absolute atomic E-state index is 1.02. The second-order valence-corrected chi connectivity index (χ2v) is 5.47. The van der Waals surface area contributed by atoms with Gasteiger partial charge in [-0.3, -0.25) is 4.79 Å². The van der Waals surface area contributed by atoms with Crippen molar-refractivity contribution in [3.63, 3.8) is 0 Å². The third kappa shape index (κ3) is 1.65. The molecular weight excluding hydrogens is 304 g/mol. The van der Waals surface area contributed by atoms with Gasteiger partial charge in [-0.25, -0.2) is 0 Å². The van der Waals surface area contributed by atoms with E-state index in [2.05, 4.69) is 31.9 Å². The first-order valence-corrected chi connectivity index (χ1v) is 4.38. The molecule has 0 aromatic rings. The second-order valence-electron chi connectivity index (χ2n) is 2.02. The molecule has 7 heteroatoms. The highest BCUT2D eigenvalue weighted by atomic mass is 79.9. The Bertz CT molecular complexity index is 320. The van der Waals surface area contributed by atoms with Crippen molar-refractivity contribution in [2.45, 2.75) is 3.23 Å². The molecular formula is C6H2Br2N4O. The van der Waals surface area contributed by atoms with Crippen LogP contribution in [-0.2, 0) is 4.79 Å². The van der Waals surface area contributed by atoms with Crippen molar-refractivity contribution >= 4 is 37.8 Å². The summed E-state index contributed by atoms with van der Waals surface area (Å²) < 4.78 is -1.86.